The van der Waals surface area contributed by atoms with Gasteiger partial charge in [0.2, 0.25) is 5.91 Å². The molecule has 0 spiro atoms. The highest BCUT2D eigenvalue weighted by Gasteiger charge is 2.33. The normalized spacial score (nSPS) is 11.5. The molecule has 2 N–H and O–H groups in total. The molecular formula is C17H12F3N3O2. The summed E-state index contributed by atoms with van der Waals surface area (Å²) in [6.07, 6.45) is -3.70. The number of rotatable bonds is 3. The smallest absolute Gasteiger partial charge is 0.326 e. The molecule has 25 heavy (non-hydrogen) atoms. The van der Waals surface area contributed by atoms with Gasteiger partial charge in [-0.15, -0.1) is 0 Å². The molecule has 0 aliphatic carbocycles. The summed E-state index contributed by atoms with van der Waals surface area (Å²) < 4.78 is 38.9. The quantitative estimate of drug-likeness (QED) is 0.764. The molecule has 0 radical (unpaired) electrons. The van der Waals surface area contributed by atoms with Crippen LogP contribution < -0.4 is 10.9 Å². The molecule has 1 heterocycles. The number of carbonyl (C=O) groups is 1. The lowest BCUT2D eigenvalue weighted by Gasteiger charge is -2.12. The van der Waals surface area contributed by atoms with E-state index in [2.05, 4.69) is 15.3 Å². The number of hydrogen-bond donors (Lipinski definition) is 2. The van der Waals surface area contributed by atoms with Gasteiger partial charge in [-0.2, -0.15) is 13.2 Å². The van der Waals surface area contributed by atoms with Gasteiger partial charge < -0.3 is 10.3 Å². The summed E-state index contributed by atoms with van der Waals surface area (Å²) in [5.41, 5.74) is -0.578. The average molecular weight is 347 g/mol. The van der Waals surface area contributed by atoms with E-state index in [0.717, 1.165) is 6.07 Å². The molecule has 0 atom stereocenters. The Kier molecular flexibility index (Phi) is 4.26. The molecule has 0 saturated carbocycles. The van der Waals surface area contributed by atoms with Gasteiger partial charge in [-0.1, -0.05) is 18.2 Å². The Morgan fingerprint density at radius 2 is 1.92 bits per heavy atom. The highest BCUT2D eigenvalue weighted by Crippen LogP contribution is 2.32. The van der Waals surface area contributed by atoms with Crippen LogP contribution in [0, 0.1) is 0 Å². The Morgan fingerprint density at radius 3 is 2.68 bits per heavy atom. The molecule has 1 amide bonds. The molecule has 2 aromatic carbocycles. The molecule has 0 aliphatic heterocycles. The monoisotopic (exact) mass is 347 g/mol. The summed E-state index contributed by atoms with van der Waals surface area (Å²) in [6.45, 7) is 0. The van der Waals surface area contributed by atoms with Crippen molar-refractivity contribution in [1.82, 2.24) is 9.97 Å². The molecule has 0 unspecified atom stereocenters. The minimum atomic E-state index is -4.53. The average Bonchev–Trinajstić information content (AvgIpc) is 2.55. The van der Waals surface area contributed by atoms with Gasteiger partial charge in [0.05, 0.1) is 29.2 Å². The van der Waals surface area contributed by atoms with E-state index < -0.39 is 24.1 Å². The van der Waals surface area contributed by atoms with Crippen molar-refractivity contribution < 1.29 is 18.0 Å². The van der Waals surface area contributed by atoms with Crippen LogP contribution in [-0.2, 0) is 17.4 Å². The SMILES string of the molecule is O=C(Cc1ccccc1C(F)(F)F)Nc1ccc2nc[nH]c(=O)c2c1. The van der Waals surface area contributed by atoms with Crippen molar-refractivity contribution in [3.63, 3.8) is 0 Å². The fourth-order valence-electron chi connectivity index (χ4n) is 2.48. The Bertz CT molecular complexity index is 996. The number of fused-ring (bicyclic) bond motifs is 1. The number of nitrogens with one attached hydrogen (secondary N) is 2. The zero-order valence-electron chi connectivity index (χ0n) is 12.7. The predicted molar refractivity (Wildman–Crippen MR) is 86.1 cm³/mol. The predicted octanol–water partition coefficient (Wildman–Crippen LogP) is 3.12. The number of benzene rings is 2. The van der Waals surface area contributed by atoms with Crippen molar-refractivity contribution in [3.05, 3.63) is 70.3 Å². The van der Waals surface area contributed by atoms with Crippen LogP contribution >= 0.6 is 0 Å². The van der Waals surface area contributed by atoms with Crippen molar-refractivity contribution in [2.75, 3.05) is 5.32 Å². The van der Waals surface area contributed by atoms with Gasteiger partial charge in [-0.05, 0) is 29.8 Å². The first-order chi connectivity index (χ1) is 11.8. The number of nitrogens with zero attached hydrogens (tertiary/aromatic N) is 1. The summed E-state index contributed by atoms with van der Waals surface area (Å²) in [4.78, 5) is 30.2. The molecule has 0 bridgehead atoms. The number of alkyl halides is 3. The number of aromatic amines is 1. The van der Waals surface area contributed by atoms with E-state index in [-0.39, 0.29) is 16.5 Å². The van der Waals surface area contributed by atoms with Gasteiger partial charge >= 0.3 is 6.18 Å². The molecular weight excluding hydrogens is 335 g/mol. The summed E-state index contributed by atoms with van der Waals surface area (Å²) in [5.74, 6) is -0.614. The lowest BCUT2D eigenvalue weighted by Crippen LogP contribution is -2.18. The zero-order valence-corrected chi connectivity index (χ0v) is 12.7. The standard InChI is InChI=1S/C17H12F3N3O2/c18-17(19,20)13-4-2-1-3-10(13)7-15(24)23-11-5-6-14-12(8-11)16(25)22-9-21-14/h1-6,8-9H,7H2,(H,23,24)(H,21,22,25). The van der Waals surface area contributed by atoms with Crippen LogP contribution in [0.2, 0.25) is 0 Å². The van der Waals surface area contributed by atoms with Gasteiger partial charge in [-0.3, -0.25) is 9.59 Å². The van der Waals surface area contributed by atoms with E-state index in [4.69, 9.17) is 0 Å². The van der Waals surface area contributed by atoms with Gasteiger partial charge in [0, 0.05) is 5.69 Å². The van der Waals surface area contributed by atoms with E-state index in [1.54, 1.807) is 6.07 Å². The van der Waals surface area contributed by atoms with Gasteiger partial charge in [0.1, 0.15) is 0 Å². The fourth-order valence-corrected chi connectivity index (χ4v) is 2.48. The molecule has 1 aromatic heterocycles. The van der Waals surface area contributed by atoms with E-state index >= 15 is 0 Å². The van der Waals surface area contributed by atoms with Gasteiger partial charge in [-0.25, -0.2) is 4.98 Å². The summed E-state index contributed by atoms with van der Waals surface area (Å²) in [6, 6.07) is 9.41. The minimum absolute atomic E-state index is 0.118. The van der Waals surface area contributed by atoms with Crippen molar-refractivity contribution in [1.29, 1.82) is 0 Å². The second kappa shape index (κ2) is 6.39. The molecule has 3 rings (SSSR count). The van der Waals surface area contributed by atoms with Crippen LogP contribution in [0.4, 0.5) is 18.9 Å². The number of carbonyl (C=O) groups excluding carboxylic acids is 1. The topological polar surface area (TPSA) is 74.8 Å². The fraction of sp³-hybridized carbons (Fsp3) is 0.118. The Morgan fingerprint density at radius 1 is 1.16 bits per heavy atom. The Balaban J connectivity index is 1.82. The first kappa shape index (κ1) is 16.7. The number of hydrogen-bond acceptors (Lipinski definition) is 3. The lowest BCUT2D eigenvalue weighted by molar-refractivity contribution is -0.138. The minimum Gasteiger partial charge on any atom is -0.326 e. The van der Waals surface area contributed by atoms with Crippen LogP contribution in [0.3, 0.4) is 0 Å². The molecule has 0 aliphatic rings. The third kappa shape index (κ3) is 3.68. The van der Waals surface area contributed by atoms with Crippen LogP contribution in [0.25, 0.3) is 10.9 Å². The number of H-pyrrole nitrogens is 1. The largest absolute Gasteiger partial charge is 0.416 e. The maximum Gasteiger partial charge on any atom is 0.416 e. The second-order valence-electron chi connectivity index (χ2n) is 5.34. The highest BCUT2D eigenvalue weighted by molar-refractivity contribution is 5.94. The molecule has 0 saturated heterocycles. The van der Waals surface area contributed by atoms with Gasteiger partial charge in [0.15, 0.2) is 0 Å². The number of anilines is 1. The zero-order chi connectivity index (χ0) is 18.0. The van der Waals surface area contributed by atoms with Crippen molar-refractivity contribution >= 4 is 22.5 Å². The Labute approximate surface area is 139 Å². The molecule has 0 fully saturated rings. The maximum atomic E-state index is 13.0. The van der Waals surface area contributed by atoms with Crippen molar-refractivity contribution in [3.8, 4) is 0 Å². The molecule has 128 valence electrons. The highest BCUT2D eigenvalue weighted by atomic mass is 19.4. The molecule has 8 heteroatoms. The first-order valence-electron chi connectivity index (χ1n) is 7.27. The lowest BCUT2D eigenvalue weighted by atomic mass is 10.0. The van der Waals surface area contributed by atoms with Crippen LogP contribution in [0.1, 0.15) is 11.1 Å². The van der Waals surface area contributed by atoms with Crippen LogP contribution in [-0.4, -0.2) is 15.9 Å². The number of amides is 1. The van der Waals surface area contributed by atoms with Crippen molar-refractivity contribution in [2.45, 2.75) is 12.6 Å². The molecule has 3 aromatic rings. The third-order valence-corrected chi connectivity index (χ3v) is 3.60. The maximum absolute atomic E-state index is 13.0. The van der Waals surface area contributed by atoms with Crippen LogP contribution in [0.5, 0.6) is 0 Å². The van der Waals surface area contributed by atoms with Gasteiger partial charge in [0.25, 0.3) is 5.56 Å². The molecule has 5 nitrogen and oxygen atoms in total. The van der Waals surface area contributed by atoms with Crippen molar-refractivity contribution in [2.24, 2.45) is 0 Å². The van der Waals surface area contributed by atoms with E-state index in [1.165, 1.54) is 36.7 Å². The number of aromatic nitrogens is 2. The third-order valence-electron chi connectivity index (χ3n) is 3.60. The number of halogens is 3. The Hall–Kier alpha value is -3.16. The van der Waals surface area contributed by atoms with Crippen LogP contribution in [0.15, 0.2) is 53.6 Å². The van der Waals surface area contributed by atoms with E-state index in [0.29, 0.717) is 11.2 Å². The second-order valence-corrected chi connectivity index (χ2v) is 5.34. The van der Waals surface area contributed by atoms with E-state index in [9.17, 15) is 22.8 Å². The summed E-state index contributed by atoms with van der Waals surface area (Å²) in [5, 5.41) is 2.78. The summed E-state index contributed by atoms with van der Waals surface area (Å²) >= 11 is 0. The summed E-state index contributed by atoms with van der Waals surface area (Å²) in [7, 11) is 0. The van der Waals surface area contributed by atoms with E-state index in [1.807, 2.05) is 0 Å². The first-order valence-corrected chi connectivity index (χ1v) is 7.27.